The van der Waals surface area contributed by atoms with E-state index < -0.39 is 0 Å². The van der Waals surface area contributed by atoms with Crippen LogP contribution in [-0.2, 0) is 13.2 Å². The van der Waals surface area contributed by atoms with Gasteiger partial charge in [-0.3, -0.25) is 9.69 Å². The number of carbonyl (C=O) groups is 1. The van der Waals surface area contributed by atoms with Gasteiger partial charge >= 0.3 is 0 Å². The molecule has 28 heavy (non-hydrogen) atoms. The molecule has 0 radical (unpaired) electrons. The molecular weight excluding hydrogens is 354 g/mol. The highest BCUT2D eigenvalue weighted by Gasteiger charge is 2.27. The number of rotatable bonds is 8. The lowest BCUT2D eigenvalue weighted by atomic mass is 9.89. The van der Waals surface area contributed by atoms with E-state index in [2.05, 4.69) is 4.90 Å². The Morgan fingerprint density at radius 3 is 2.86 bits per heavy atom. The first kappa shape index (κ1) is 20.4. The van der Waals surface area contributed by atoms with Crippen LogP contribution in [0.15, 0.2) is 42.5 Å². The Morgan fingerprint density at radius 2 is 2.11 bits per heavy atom. The van der Waals surface area contributed by atoms with Gasteiger partial charge in [0.05, 0.1) is 20.3 Å². The molecule has 1 heterocycles. The summed E-state index contributed by atoms with van der Waals surface area (Å²) in [5, 5.41) is 9.61. The smallest absolute Gasteiger partial charge is 0.167 e. The molecule has 0 unspecified atom stereocenters. The molecule has 2 aromatic carbocycles. The van der Waals surface area contributed by atoms with E-state index in [9.17, 15) is 9.90 Å². The fraction of sp³-hybridized carbons (Fsp3) is 0.435. The Labute approximate surface area is 166 Å². The minimum Gasteiger partial charge on any atom is -0.497 e. The van der Waals surface area contributed by atoms with Crippen molar-refractivity contribution in [2.24, 2.45) is 5.92 Å². The third-order valence-corrected chi connectivity index (χ3v) is 5.23. The van der Waals surface area contributed by atoms with Gasteiger partial charge in [0.25, 0.3) is 0 Å². The molecule has 0 spiro atoms. The summed E-state index contributed by atoms with van der Waals surface area (Å²) >= 11 is 0. The van der Waals surface area contributed by atoms with Gasteiger partial charge in [0.15, 0.2) is 5.78 Å². The molecule has 0 saturated carbocycles. The maximum atomic E-state index is 13.0. The van der Waals surface area contributed by atoms with Crippen LogP contribution in [0.3, 0.4) is 0 Å². The zero-order valence-corrected chi connectivity index (χ0v) is 16.7. The van der Waals surface area contributed by atoms with Crippen molar-refractivity contribution in [2.75, 3.05) is 26.8 Å². The largest absolute Gasteiger partial charge is 0.497 e. The quantitative estimate of drug-likeness (QED) is 0.705. The molecule has 0 aliphatic carbocycles. The first-order chi connectivity index (χ1) is 13.6. The number of nitrogens with zero attached hydrogens (tertiary/aromatic N) is 1. The van der Waals surface area contributed by atoms with E-state index in [0.717, 1.165) is 54.9 Å². The first-order valence-corrected chi connectivity index (χ1v) is 9.90. The van der Waals surface area contributed by atoms with E-state index >= 15 is 0 Å². The van der Waals surface area contributed by atoms with Crippen LogP contribution >= 0.6 is 0 Å². The van der Waals surface area contributed by atoms with Gasteiger partial charge in [-0.15, -0.1) is 0 Å². The molecule has 1 fully saturated rings. The second-order valence-electron chi connectivity index (χ2n) is 7.20. The number of piperidine rings is 1. The van der Waals surface area contributed by atoms with Crippen molar-refractivity contribution in [2.45, 2.75) is 32.9 Å². The lowest BCUT2D eigenvalue weighted by Gasteiger charge is -2.32. The molecular formula is C23H29NO4. The number of benzene rings is 2. The second-order valence-corrected chi connectivity index (χ2v) is 7.20. The summed E-state index contributed by atoms with van der Waals surface area (Å²) in [4.78, 5) is 15.3. The minimum absolute atomic E-state index is 0.000802. The van der Waals surface area contributed by atoms with E-state index in [4.69, 9.17) is 9.47 Å². The zero-order valence-electron chi connectivity index (χ0n) is 16.7. The number of ketones is 1. The third-order valence-electron chi connectivity index (χ3n) is 5.23. The SMILES string of the molecule is CCOc1ccc(CN2CCC[C@@H](C(=O)c3cccc(OC)c3)C2)cc1CO. The molecule has 0 bridgehead atoms. The summed E-state index contributed by atoms with van der Waals surface area (Å²) in [5.74, 6) is 1.63. The van der Waals surface area contributed by atoms with Crippen LogP contribution in [0.5, 0.6) is 11.5 Å². The van der Waals surface area contributed by atoms with Gasteiger partial charge in [-0.2, -0.15) is 0 Å². The molecule has 2 aromatic rings. The molecule has 1 aliphatic heterocycles. The predicted octanol–water partition coefficient (Wildman–Crippen LogP) is 3.68. The van der Waals surface area contributed by atoms with Crippen LogP contribution in [0.1, 0.15) is 41.3 Å². The van der Waals surface area contributed by atoms with Gasteiger partial charge in [0.2, 0.25) is 0 Å². The van der Waals surface area contributed by atoms with Gasteiger partial charge in [0, 0.05) is 30.1 Å². The summed E-state index contributed by atoms with van der Waals surface area (Å²) in [7, 11) is 1.61. The van der Waals surface area contributed by atoms with E-state index in [1.807, 2.05) is 49.4 Å². The second kappa shape index (κ2) is 9.71. The monoisotopic (exact) mass is 383 g/mol. The maximum Gasteiger partial charge on any atom is 0.167 e. The third kappa shape index (κ3) is 4.91. The molecule has 1 saturated heterocycles. The molecule has 5 heteroatoms. The minimum atomic E-state index is -0.0415. The van der Waals surface area contributed by atoms with Crippen molar-refractivity contribution in [3.05, 3.63) is 59.2 Å². The fourth-order valence-corrected chi connectivity index (χ4v) is 3.83. The molecule has 0 aromatic heterocycles. The number of carbonyl (C=O) groups excluding carboxylic acids is 1. The number of hydrogen-bond donors (Lipinski definition) is 1. The number of hydrogen-bond acceptors (Lipinski definition) is 5. The van der Waals surface area contributed by atoms with Crippen LogP contribution in [0.4, 0.5) is 0 Å². The maximum absolute atomic E-state index is 13.0. The summed E-state index contributed by atoms with van der Waals surface area (Å²) in [5.41, 5.74) is 2.65. The normalized spacial score (nSPS) is 17.3. The molecule has 0 amide bonds. The number of aliphatic hydroxyl groups is 1. The zero-order chi connectivity index (χ0) is 19.9. The van der Waals surface area contributed by atoms with Crippen molar-refractivity contribution >= 4 is 5.78 Å². The fourth-order valence-electron chi connectivity index (χ4n) is 3.83. The van der Waals surface area contributed by atoms with Crippen LogP contribution in [0.25, 0.3) is 0 Å². The van der Waals surface area contributed by atoms with Gasteiger partial charge in [-0.25, -0.2) is 0 Å². The van der Waals surface area contributed by atoms with Crippen molar-refractivity contribution in [3.8, 4) is 11.5 Å². The highest BCUT2D eigenvalue weighted by molar-refractivity contribution is 5.98. The van der Waals surface area contributed by atoms with Crippen molar-refractivity contribution in [1.29, 1.82) is 0 Å². The van der Waals surface area contributed by atoms with Crippen LogP contribution in [0, 0.1) is 5.92 Å². The number of ether oxygens (including phenoxy) is 2. The van der Waals surface area contributed by atoms with E-state index in [0.29, 0.717) is 12.4 Å². The Hall–Kier alpha value is -2.37. The van der Waals surface area contributed by atoms with E-state index in [1.54, 1.807) is 7.11 Å². The number of Topliss-reactive ketones (excluding diaryl/α,β-unsaturated/α-hetero) is 1. The van der Waals surface area contributed by atoms with Crippen molar-refractivity contribution in [1.82, 2.24) is 4.90 Å². The summed E-state index contributed by atoms with van der Waals surface area (Å²) in [6, 6.07) is 13.4. The Balaban J connectivity index is 1.67. The Bertz CT molecular complexity index is 805. The van der Waals surface area contributed by atoms with Crippen LogP contribution in [0.2, 0.25) is 0 Å². The molecule has 3 rings (SSSR count). The van der Waals surface area contributed by atoms with Gasteiger partial charge in [0.1, 0.15) is 11.5 Å². The molecule has 5 nitrogen and oxygen atoms in total. The highest BCUT2D eigenvalue weighted by atomic mass is 16.5. The van der Waals surface area contributed by atoms with Gasteiger partial charge in [-0.1, -0.05) is 18.2 Å². The first-order valence-electron chi connectivity index (χ1n) is 9.90. The lowest BCUT2D eigenvalue weighted by molar-refractivity contribution is 0.0811. The van der Waals surface area contributed by atoms with E-state index in [1.165, 1.54) is 0 Å². The topological polar surface area (TPSA) is 59.0 Å². The summed E-state index contributed by atoms with van der Waals surface area (Å²) in [6.07, 6.45) is 1.92. The molecule has 1 aliphatic rings. The number of methoxy groups -OCH3 is 1. The van der Waals surface area contributed by atoms with Crippen LogP contribution < -0.4 is 9.47 Å². The average molecular weight is 383 g/mol. The van der Waals surface area contributed by atoms with Crippen molar-refractivity contribution in [3.63, 3.8) is 0 Å². The van der Waals surface area contributed by atoms with Crippen molar-refractivity contribution < 1.29 is 19.4 Å². The van der Waals surface area contributed by atoms with Crippen LogP contribution in [-0.4, -0.2) is 42.6 Å². The highest BCUT2D eigenvalue weighted by Crippen LogP contribution is 2.26. The molecule has 1 atom stereocenters. The standard InChI is InChI=1S/C23H29NO4/c1-3-28-22-10-9-17(12-20(22)16-25)14-24-11-5-7-19(15-24)23(26)18-6-4-8-21(13-18)27-2/h4,6,8-10,12-13,19,25H,3,5,7,11,14-16H2,1-2H3/t19-/m1/s1. The summed E-state index contributed by atoms with van der Waals surface area (Å²) < 4.78 is 10.8. The van der Waals surface area contributed by atoms with E-state index in [-0.39, 0.29) is 18.3 Å². The predicted molar refractivity (Wildman–Crippen MR) is 109 cm³/mol. The average Bonchev–Trinajstić information content (AvgIpc) is 2.74. The number of likely N-dealkylation sites (tertiary alicyclic amines) is 1. The van der Waals surface area contributed by atoms with Gasteiger partial charge in [-0.05, 0) is 56.1 Å². The van der Waals surface area contributed by atoms with Gasteiger partial charge < -0.3 is 14.6 Å². The Morgan fingerprint density at radius 1 is 1.25 bits per heavy atom. The molecule has 150 valence electrons. The molecule has 1 N–H and O–H groups in total. The lowest BCUT2D eigenvalue weighted by Crippen LogP contribution is -2.38. The number of aliphatic hydroxyl groups excluding tert-OH is 1. The summed E-state index contributed by atoms with van der Waals surface area (Å²) in [6.45, 7) is 4.96. The Kier molecular flexibility index (Phi) is 7.06.